The summed E-state index contributed by atoms with van der Waals surface area (Å²) in [7, 11) is 0. The Hall–Kier alpha value is -3.41. The molecule has 2 N–H and O–H groups in total. The van der Waals surface area contributed by atoms with Crippen LogP contribution in [0.4, 0.5) is 5.69 Å². The maximum Gasteiger partial charge on any atom is 0.257 e. The second kappa shape index (κ2) is 10.1. The van der Waals surface area contributed by atoms with Crippen molar-refractivity contribution in [2.24, 2.45) is 4.99 Å². The van der Waals surface area contributed by atoms with Gasteiger partial charge in [0.05, 0.1) is 5.69 Å². The Labute approximate surface area is 184 Å². The number of aryl methyl sites for hydroxylation is 4. The highest BCUT2D eigenvalue weighted by molar-refractivity contribution is 6.10. The highest BCUT2D eigenvalue weighted by Crippen LogP contribution is 2.15. The van der Waals surface area contributed by atoms with Gasteiger partial charge in [0.15, 0.2) is 0 Å². The van der Waals surface area contributed by atoms with Gasteiger partial charge in [0.1, 0.15) is 0 Å². The van der Waals surface area contributed by atoms with Gasteiger partial charge < -0.3 is 5.32 Å². The molecule has 0 saturated heterocycles. The molecule has 3 aromatic rings. The van der Waals surface area contributed by atoms with Gasteiger partial charge in [-0.3, -0.25) is 19.8 Å². The fraction of sp³-hybridized carbons (Fsp3) is 0.320. The molecule has 1 aromatic heterocycles. The summed E-state index contributed by atoms with van der Waals surface area (Å²) in [5.41, 5.74) is 7.06. The van der Waals surface area contributed by atoms with Gasteiger partial charge in [0.2, 0.25) is 5.96 Å². The van der Waals surface area contributed by atoms with Crippen LogP contribution in [0, 0.1) is 27.7 Å². The van der Waals surface area contributed by atoms with Gasteiger partial charge in [-0.15, -0.1) is 0 Å². The van der Waals surface area contributed by atoms with Crippen molar-refractivity contribution in [1.82, 2.24) is 15.1 Å². The number of hydrogen-bond acceptors (Lipinski definition) is 3. The Kier molecular flexibility index (Phi) is 7.23. The van der Waals surface area contributed by atoms with Crippen molar-refractivity contribution in [3.63, 3.8) is 0 Å². The maximum atomic E-state index is 12.8. The van der Waals surface area contributed by atoms with E-state index in [0.29, 0.717) is 18.1 Å². The van der Waals surface area contributed by atoms with Crippen LogP contribution < -0.4 is 10.6 Å². The second-order valence-corrected chi connectivity index (χ2v) is 7.71. The van der Waals surface area contributed by atoms with E-state index in [-0.39, 0.29) is 5.91 Å². The van der Waals surface area contributed by atoms with E-state index in [2.05, 4.69) is 29.6 Å². The van der Waals surface area contributed by atoms with Gasteiger partial charge in [-0.2, -0.15) is 5.10 Å². The average Bonchev–Trinajstić information content (AvgIpc) is 3.02. The molecule has 0 aliphatic rings. The number of nitrogens with one attached hydrogen (secondary N) is 2. The lowest BCUT2D eigenvalue weighted by Crippen LogP contribution is -2.36. The zero-order valence-electron chi connectivity index (χ0n) is 19.0. The van der Waals surface area contributed by atoms with Crippen molar-refractivity contribution >= 4 is 17.6 Å². The Morgan fingerprint density at radius 1 is 1.06 bits per heavy atom. The summed E-state index contributed by atoms with van der Waals surface area (Å²) >= 11 is 0. The predicted molar refractivity (Wildman–Crippen MR) is 127 cm³/mol. The van der Waals surface area contributed by atoms with E-state index in [0.717, 1.165) is 35.5 Å². The molecule has 0 aliphatic heterocycles. The first-order valence-corrected chi connectivity index (χ1v) is 10.7. The number of guanidine groups is 1. The lowest BCUT2D eigenvalue weighted by molar-refractivity contribution is 0.0977. The Bertz CT molecular complexity index is 1100. The lowest BCUT2D eigenvalue weighted by Gasteiger charge is -2.14. The molecule has 3 rings (SSSR count). The Balaban J connectivity index is 1.80. The van der Waals surface area contributed by atoms with Gasteiger partial charge in [-0.05, 0) is 70.4 Å². The summed E-state index contributed by atoms with van der Waals surface area (Å²) in [6.07, 6.45) is 0.761. The largest absolute Gasteiger partial charge is 0.326 e. The number of benzene rings is 2. The van der Waals surface area contributed by atoms with Crippen LogP contribution in [0.3, 0.4) is 0 Å². The van der Waals surface area contributed by atoms with Crippen LogP contribution in [0.15, 0.2) is 53.5 Å². The summed E-state index contributed by atoms with van der Waals surface area (Å²) in [5.74, 6) is 0.258. The molecule has 0 bridgehead atoms. The Morgan fingerprint density at radius 3 is 2.52 bits per heavy atom. The topological polar surface area (TPSA) is 71.3 Å². The third kappa shape index (κ3) is 5.60. The van der Waals surface area contributed by atoms with Crippen LogP contribution in [0.5, 0.6) is 0 Å². The van der Waals surface area contributed by atoms with Crippen LogP contribution in [-0.2, 0) is 13.0 Å². The average molecular weight is 418 g/mol. The molecular weight excluding hydrogens is 386 g/mol. The van der Waals surface area contributed by atoms with E-state index >= 15 is 0 Å². The van der Waals surface area contributed by atoms with Gasteiger partial charge in [-0.1, -0.05) is 35.9 Å². The summed E-state index contributed by atoms with van der Waals surface area (Å²) in [5, 5.41) is 10.8. The third-order valence-electron chi connectivity index (χ3n) is 5.37. The van der Waals surface area contributed by atoms with Gasteiger partial charge >= 0.3 is 0 Å². The number of hydrogen-bond donors (Lipinski definition) is 2. The molecule has 162 valence electrons. The number of rotatable bonds is 6. The molecular formula is C25H31N5O. The zero-order chi connectivity index (χ0) is 22.4. The number of carbonyl (C=O) groups excluding carboxylic acids is 1. The molecule has 0 saturated carbocycles. The van der Waals surface area contributed by atoms with E-state index in [9.17, 15) is 4.79 Å². The number of carbonyl (C=O) groups is 1. The minimum atomic E-state index is -0.185. The van der Waals surface area contributed by atoms with Gasteiger partial charge in [0, 0.05) is 30.0 Å². The number of aromatic nitrogens is 2. The molecule has 2 aromatic carbocycles. The van der Waals surface area contributed by atoms with Crippen LogP contribution in [0.1, 0.15) is 45.4 Å². The first-order valence-electron chi connectivity index (χ1n) is 10.7. The van der Waals surface area contributed by atoms with E-state index in [1.54, 1.807) is 6.07 Å². The molecule has 6 heteroatoms. The molecule has 31 heavy (non-hydrogen) atoms. The fourth-order valence-corrected chi connectivity index (χ4v) is 3.60. The first-order chi connectivity index (χ1) is 14.9. The SMILES string of the molecule is CCn1nc(C)c(CCN=C(NC(=O)c2cccc(C)c2)Nc2ccccc2C)c1C. The quantitative estimate of drug-likeness (QED) is 0.456. The van der Waals surface area contributed by atoms with E-state index in [4.69, 9.17) is 4.99 Å². The standard InChI is InChI=1S/C25H31N5O/c1-6-30-20(5)22(19(4)29-30)14-15-26-25(27-23-13-8-7-11-18(23)3)28-24(31)21-12-9-10-17(2)16-21/h7-13,16H,6,14-15H2,1-5H3,(H2,26,27,28,31). The molecule has 0 radical (unpaired) electrons. The van der Waals surface area contributed by atoms with Crippen molar-refractivity contribution in [3.8, 4) is 0 Å². The smallest absolute Gasteiger partial charge is 0.257 e. The van der Waals surface area contributed by atoms with Crippen LogP contribution in [0.25, 0.3) is 0 Å². The van der Waals surface area contributed by atoms with E-state index in [1.165, 1.54) is 11.3 Å². The normalized spacial score (nSPS) is 11.5. The summed E-state index contributed by atoms with van der Waals surface area (Å²) in [4.78, 5) is 17.5. The van der Waals surface area contributed by atoms with Crippen molar-refractivity contribution in [1.29, 1.82) is 0 Å². The van der Waals surface area contributed by atoms with Crippen LogP contribution >= 0.6 is 0 Å². The molecule has 1 heterocycles. The highest BCUT2D eigenvalue weighted by Gasteiger charge is 2.12. The number of nitrogens with zero attached hydrogens (tertiary/aromatic N) is 3. The monoisotopic (exact) mass is 417 g/mol. The molecule has 0 spiro atoms. The lowest BCUT2D eigenvalue weighted by atomic mass is 10.1. The maximum absolute atomic E-state index is 12.8. The number of para-hydroxylation sites is 1. The minimum absolute atomic E-state index is 0.185. The fourth-order valence-electron chi connectivity index (χ4n) is 3.60. The summed E-state index contributed by atoms with van der Waals surface area (Å²) in [6.45, 7) is 11.6. The van der Waals surface area contributed by atoms with Crippen LogP contribution in [-0.4, -0.2) is 28.2 Å². The van der Waals surface area contributed by atoms with E-state index < -0.39 is 0 Å². The molecule has 0 fully saturated rings. The zero-order valence-corrected chi connectivity index (χ0v) is 19.0. The molecule has 1 amide bonds. The summed E-state index contributed by atoms with van der Waals surface area (Å²) in [6, 6.07) is 15.5. The van der Waals surface area contributed by atoms with Gasteiger partial charge in [0.25, 0.3) is 5.91 Å². The third-order valence-corrected chi connectivity index (χ3v) is 5.37. The van der Waals surface area contributed by atoms with Crippen molar-refractivity contribution in [3.05, 3.63) is 82.2 Å². The molecule has 0 aliphatic carbocycles. The van der Waals surface area contributed by atoms with Crippen LogP contribution in [0.2, 0.25) is 0 Å². The second-order valence-electron chi connectivity index (χ2n) is 7.71. The van der Waals surface area contributed by atoms with Crippen molar-refractivity contribution in [2.75, 3.05) is 11.9 Å². The highest BCUT2D eigenvalue weighted by atomic mass is 16.1. The number of aliphatic imine (C=N–C) groups is 1. The van der Waals surface area contributed by atoms with E-state index in [1.807, 2.05) is 67.9 Å². The number of anilines is 1. The van der Waals surface area contributed by atoms with Crippen molar-refractivity contribution < 1.29 is 4.79 Å². The minimum Gasteiger partial charge on any atom is -0.326 e. The number of amides is 1. The molecule has 0 atom stereocenters. The predicted octanol–water partition coefficient (Wildman–Crippen LogP) is 4.58. The molecule has 6 nitrogen and oxygen atoms in total. The summed E-state index contributed by atoms with van der Waals surface area (Å²) < 4.78 is 2.01. The van der Waals surface area contributed by atoms with Crippen molar-refractivity contribution in [2.45, 2.75) is 47.6 Å². The first kappa shape index (κ1) is 22.3. The van der Waals surface area contributed by atoms with Gasteiger partial charge in [-0.25, -0.2) is 0 Å². The Morgan fingerprint density at radius 2 is 1.84 bits per heavy atom. The molecule has 0 unspecified atom stereocenters.